The Hall–Kier alpha value is -0.630. The van der Waals surface area contributed by atoms with Crippen molar-refractivity contribution >= 4 is 6.21 Å². The van der Waals surface area contributed by atoms with Crippen molar-refractivity contribution in [3.63, 3.8) is 0 Å². The maximum atomic E-state index is 3.99. The number of nitrogens with one attached hydrogen (secondary N) is 1. The highest BCUT2D eigenvalue weighted by Gasteiger charge is 2.02. The molecular formula is C9H18N2. The molecule has 1 N–H and O–H groups in total. The van der Waals surface area contributed by atoms with Gasteiger partial charge in [0.1, 0.15) is 0 Å². The van der Waals surface area contributed by atoms with Crippen LogP contribution in [0.25, 0.3) is 0 Å². The maximum Gasteiger partial charge on any atom is 0.0277 e. The third-order valence-electron chi connectivity index (χ3n) is 1.69. The molecule has 11 heavy (non-hydrogen) atoms. The van der Waals surface area contributed by atoms with Gasteiger partial charge in [-0.05, 0) is 25.5 Å². The summed E-state index contributed by atoms with van der Waals surface area (Å²) >= 11 is 0. The lowest BCUT2D eigenvalue weighted by molar-refractivity contribution is 0.636. The topological polar surface area (TPSA) is 24.4 Å². The molecule has 0 saturated carbocycles. The predicted molar refractivity (Wildman–Crippen MR) is 51.3 cm³/mol. The lowest BCUT2D eigenvalue weighted by atomic mass is 10.0. The van der Waals surface area contributed by atoms with Crippen molar-refractivity contribution in [2.45, 2.75) is 13.8 Å². The molecule has 0 aromatic heterocycles. The van der Waals surface area contributed by atoms with Gasteiger partial charge in [0, 0.05) is 19.8 Å². The molecular weight excluding hydrogens is 136 g/mol. The lowest BCUT2D eigenvalue weighted by Crippen LogP contribution is -2.18. The first-order chi connectivity index (χ1) is 5.26. The fraction of sp³-hybridized carbons (Fsp3) is 0.667. The van der Waals surface area contributed by atoms with Crippen molar-refractivity contribution in [1.82, 2.24) is 5.32 Å². The Morgan fingerprint density at radius 3 is 2.64 bits per heavy atom. The lowest BCUT2D eigenvalue weighted by Gasteiger charge is -2.10. The molecule has 0 aliphatic rings. The largest absolute Gasteiger partial charge is 0.319 e. The monoisotopic (exact) mass is 154 g/mol. The van der Waals surface area contributed by atoms with Crippen LogP contribution in [0.5, 0.6) is 0 Å². The van der Waals surface area contributed by atoms with Crippen molar-refractivity contribution in [2.75, 3.05) is 20.6 Å². The van der Waals surface area contributed by atoms with Crippen molar-refractivity contribution < 1.29 is 0 Å². The molecule has 2 heteroatoms. The Morgan fingerprint density at radius 1 is 1.64 bits per heavy atom. The van der Waals surface area contributed by atoms with Crippen LogP contribution in [0.2, 0.25) is 0 Å². The Kier molecular flexibility index (Phi) is 5.75. The minimum atomic E-state index is 0.550. The van der Waals surface area contributed by atoms with Gasteiger partial charge < -0.3 is 5.32 Å². The molecule has 0 aliphatic heterocycles. The SMILES string of the molecule is C/C=C(/C=NC)C(C)CNC. The standard InChI is InChI=1S/C9H18N2/c1-5-9(7-11-4)8(2)6-10-3/h5,7-8,10H,6H2,1-4H3/b9-5-,11-7?. The zero-order valence-electron chi connectivity index (χ0n) is 7.89. The molecule has 1 unspecified atom stereocenters. The summed E-state index contributed by atoms with van der Waals surface area (Å²) in [7, 11) is 3.77. The normalized spacial score (nSPS) is 15.8. The first-order valence-corrected chi connectivity index (χ1v) is 3.99. The summed E-state index contributed by atoms with van der Waals surface area (Å²) in [5.74, 6) is 0.550. The van der Waals surface area contributed by atoms with Crippen molar-refractivity contribution in [2.24, 2.45) is 10.9 Å². The highest BCUT2D eigenvalue weighted by Crippen LogP contribution is 2.05. The third-order valence-corrected chi connectivity index (χ3v) is 1.69. The Labute approximate surface area is 69.4 Å². The van der Waals surface area contributed by atoms with Gasteiger partial charge in [-0.2, -0.15) is 0 Å². The zero-order chi connectivity index (χ0) is 8.69. The molecule has 0 bridgehead atoms. The quantitative estimate of drug-likeness (QED) is 0.609. The van der Waals surface area contributed by atoms with Gasteiger partial charge in [0.15, 0.2) is 0 Å². The molecule has 0 radical (unpaired) electrons. The van der Waals surface area contributed by atoms with E-state index in [0.29, 0.717) is 5.92 Å². The number of rotatable bonds is 4. The van der Waals surface area contributed by atoms with Crippen LogP contribution in [0.1, 0.15) is 13.8 Å². The van der Waals surface area contributed by atoms with E-state index in [1.54, 1.807) is 7.05 Å². The first-order valence-electron chi connectivity index (χ1n) is 3.99. The minimum absolute atomic E-state index is 0.550. The van der Waals surface area contributed by atoms with Crippen LogP contribution >= 0.6 is 0 Å². The maximum absolute atomic E-state index is 3.99. The molecule has 0 spiro atoms. The number of hydrogen-bond donors (Lipinski definition) is 1. The minimum Gasteiger partial charge on any atom is -0.319 e. The Morgan fingerprint density at radius 2 is 2.27 bits per heavy atom. The van der Waals surface area contributed by atoms with Gasteiger partial charge in [-0.15, -0.1) is 0 Å². The van der Waals surface area contributed by atoms with E-state index in [2.05, 4.69) is 23.3 Å². The summed E-state index contributed by atoms with van der Waals surface area (Å²) in [5.41, 5.74) is 1.29. The Balaban J connectivity index is 4.04. The first kappa shape index (κ1) is 10.4. The summed E-state index contributed by atoms with van der Waals surface area (Å²) in [4.78, 5) is 3.99. The van der Waals surface area contributed by atoms with Crippen LogP contribution in [0.4, 0.5) is 0 Å². The third kappa shape index (κ3) is 3.94. The molecule has 0 aliphatic carbocycles. The average molecular weight is 154 g/mol. The highest BCUT2D eigenvalue weighted by atomic mass is 14.8. The molecule has 2 nitrogen and oxygen atoms in total. The van der Waals surface area contributed by atoms with Gasteiger partial charge in [-0.3, -0.25) is 4.99 Å². The molecule has 1 atom stereocenters. The van der Waals surface area contributed by atoms with E-state index < -0.39 is 0 Å². The average Bonchev–Trinajstić information content (AvgIpc) is 2.00. The van der Waals surface area contributed by atoms with Gasteiger partial charge in [0.2, 0.25) is 0 Å². The van der Waals surface area contributed by atoms with Crippen molar-refractivity contribution in [1.29, 1.82) is 0 Å². The van der Waals surface area contributed by atoms with Crippen LogP contribution in [0.3, 0.4) is 0 Å². The predicted octanol–water partition coefficient (Wildman–Crippen LogP) is 1.49. The van der Waals surface area contributed by atoms with Crippen molar-refractivity contribution in [3.05, 3.63) is 11.6 Å². The molecule has 0 fully saturated rings. The Bertz CT molecular complexity index is 148. The van der Waals surface area contributed by atoms with E-state index in [4.69, 9.17) is 0 Å². The smallest absolute Gasteiger partial charge is 0.0277 e. The van der Waals surface area contributed by atoms with E-state index in [1.807, 2.05) is 20.2 Å². The highest BCUT2D eigenvalue weighted by molar-refractivity contribution is 5.78. The molecule has 0 saturated heterocycles. The van der Waals surface area contributed by atoms with Crippen LogP contribution in [0.15, 0.2) is 16.6 Å². The second-order valence-electron chi connectivity index (χ2n) is 2.63. The molecule has 0 aromatic carbocycles. The van der Waals surface area contributed by atoms with E-state index >= 15 is 0 Å². The number of nitrogens with zero attached hydrogens (tertiary/aromatic N) is 1. The summed E-state index contributed by atoms with van der Waals surface area (Å²) in [6, 6.07) is 0. The van der Waals surface area contributed by atoms with Gasteiger partial charge >= 0.3 is 0 Å². The van der Waals surface area contributed by atoms with Gasteiger partial charge in [-0.1, -0.05) is 13.0 Å². The van der Waals surface area contributed by atoms with Crippen LogP contribution in [-0.2, 0) is 0 Å². The number of hydrogen-bond acceptors (Lipinski definition) is 2. The summed E-state index contributed by atoms with van der Waals surface area (Å²) in [6.07, 6.45) is 4.02. The molecule has 64 valence electrons. The summed E-state index contributed by atoms with van der Waals surface area (Å²) in [6.45, 7) is 5.24. The molecule has 0 amide bonds. The van der Waals surface area contributed by atoms with Gasteiger partial charge in [-0.25, -0.2) is 0 Å². The number of aliphatic imine (C=N–C) groups is 1. The van der Waals surface area contributed by atoms with E-state index in [-0.39, 0.29) is 0 Å². The summed E-state index contributed by atoms with van der Waals surface area (Å²) < 4.78 is 0. The van der Waals surface area contributed by atoms with E-state index in [9.17, 15) is 0 Å². The van der Waals surface area contributed by atoms with Crippen molar-refractivity contribution in [3.8, 4) is 0 Å². The van der Waals surface area contributed by atoms with Gasteiger partial charge in [0.05, 0.1) is 0 Å². The molecule has 0 aromatic rings. The molecule has 0 heterocycles. The van der Waals surface area contributed by atoms with E-state index in [1.165, 1.54) is 5.57 Å². The fourth-order valence-corrected chi connectivity index (χ4v) is 1.06. The zero-order valence-corrected chi connectivity index (χ0v) is 7.89. The van der Waals surface area contributed by atoms with Crippen LogP contribution < -0.4 is 5.32 Å². The number of allylic oxidation sites excluding steroid dienone is 1. The van der Waals surface area contributed by atoms with E-state index in [0.717, 1.165) is 6.54 Å². The van der Waals surface area contributed by atoms with Crippen LogP contribution in [-0.4, -0.2) is 26.9 Å². The van der Waals surface area contributed by atoms with Gasteiger partial charge in [0.25, 0.3) is 0 Å². The molecule has 0 rings (SSSR count). The fourth-order valence-electron chi connectivity index (χ4n) is 1.06. The second kappa shape index (κ2) is 6.10. The second-order valence-corrected chi connectivity index (χ2v) is 2.63. The van der Waals surface area contributed by atoms with Crippen LogP contribution in [0, 0.1) is 5.92 Å². The summed E-state index contributed by atoms with van der Waals surface area (Å²) in [5, 5.41) is 3.14.